The quantitative estimate of drug-likeness (QED) is 0.113. The van der Waals surface area contributed by atoms with Gasteiger partial charge in [-0.25, -0.2) is 9.97 Å². The second kappa shape index (κ2) is 27.2. The van der Waals surface area contributed by atoms with Crippen molar-refractivity contribution in [2.45, 2.75) is 89.5 Å². The fourth-order valence-electron chi connectivity index (χ4n) is 6.45. The molecule has 1 aliphatic rings. The molecule has 0 aliphatic carbocycles. The molecule has 0 N–H and O–H groups in total. The van der Waals surface area contributed by atoms with Gasteiger partial charge in [-0.3, -0.25) is 20.0 Å². The predicted octanol–water partition coefficient (Wildman–Crippen LogP) is 15.4. The van der Waals surface area contributed by atoms with Crippen molar-refractivity contribution in [2.75, 3.05) is 13.2 Å². The van der Waals surface area contributed by atoms with Gasteiger partial charge < -0.3 is 4.74 Å². The van der Waals surface area contributed by atoms with Crippen molar-refractivity contribution in [3.05, 3.63) is 177 Å². The van der Waals surface area contributed by atoms with Crippen LogP contribution < -0.4 is 0 Å². The van der Waals surface area contributed by atoms with Gasteiger partial charge in [-0.05, 0) is 152 Å². The van der Waals surface area contributed by atoms with Crippen molar-refractivity contribution >= 4 is 65.8 Å². The van der Waals surface area contributed by atoms with Crippen LogP contribution in [0.3, 0.4) is 0 Å². The van der Waals surface area contributed by atoms with E-state index in [2.05, 4.69) is 90.1 Å². The van der Waals surface area contributed by atoms with Crippen molar-refractivity contribution in [3.63, 3.8) is 0 Å². The molecule has 3 heterocycles. The molecule has 7 rings (SSSR count). The van der Waals surface area contributed by atoms with E-state index < -0.39 is 0 Å². The van der Waals surface area contributed by atoms with Crippen LogP contribution in [-0.4, -0.2) is 46.0 Å². The second-order valence-corrected chi connectivity index (χ2v) is 16.9. The number of para-hydroxylation sites is 4. The molecular formula is C53H62Cl2FeN6O. The van der Waals surface area contributed by atoms with Gasteiger partial charge in [0, 0.05) is 13.2 Å². The number of hydrogen-bond acceptors (Lipinski definition) is 7. The average Bonchev–Trinajstić information content (AvgIpc) is 3.87. The summed E-state index contributed by atoms with van der Waals surface area (Å²) in [5.41, 5.74) is 18.0. The molecule has 0 spiro atoms. The van der Waals surface area contributed by atoms with E-state index in [4.69, 9.17) is 54.9 Å². The van der Waals surface area contributed by atoms with E-state index in [9.17, 15) is 0 Å². The molecule has 10 heteroatoms. The summed E-state index contributed by atoms with van der Waals surface area (Å²) in [5.74, 6) is 0. The summed E-state index contributed by atoms with van der Waals surface area (Å²) in [6.07, 6.45) is 2.56. The molecule has 6 aromatic rings. The van der Waals surface area contributed by atoms with E-state index in [1.807, 2.05) is 100 Å². The van der Waals surface area contributed by atoms with Gasteiger partial charge in [0.1, 0.15) is 0 Å². The first-order chi connectivity index (χ1) is 29.8. The van der Waals surface area contributed by atoms with Crippen molar-refractivity contribution in [1.29, 1.82) is 0 Å². The Balaban J connectivity index is 0.000000281. The van der Waals surface area contributed by atoms with Crippen LogP contribution in [0.25, 0.3) is 0 Å². The van der Waals surface area contributed by atoms with E-state index >= 15 is 0 Å². The Kier molecular flexibility index (Phi) is 22.6. The van der Waals surface area contributed by atoms with Crippen molar-refractivity contribution in [1.82, 2.24) is 9.97 Å². The minimum atomic E-state index is 0. The van der Waals surface area contributed by atoms with Crippen LogP contribution in [-0.2, 0) is 17.9 Å². The SMILES string of the molecule is C.C1CCOC1.CC(=Nc1ccccc1C)c1cccc(C(C)=Nc2c(C)cccc2C)n1.CC(=Nc1ccccc1C)c1cccc(C(C)=Nc2c(C)cccc2C)n1.[Cl][Fe][Cl]. The maximum atomic E-state index is 4.94. The number of rotatable bonds is 8. The monoisotopic (exact) mass is 924 g/mol. The van der Waals surface area contributed by atoms with E-state index in [1.54, 1.807) is 0 Å². The molecule has 4 aromatic carbocycles. The van der Waals surface area contributed by atoms with Crippen molar-refractivity contribution in [2.24, 2.45) is 20.0 Å². The Morgan fingerprint density at radius 3 is 0.984 bits per heavy atom. The van der Waals surface area contributed by atoms with E-state index in [0.29, 0.717) is 0 Å². The first kappa shape index (κ1) is 52.3. The Morgan fingerprint density at radius 1 is 0.429 bits per heavy atom. The summed E-state index contributed by atoms with van der Waals surface area (Å²) in [6, 6.07) is 40.7. The number of benzene rings is 4. The third-order valence-corrected chi connectivity index (χ3v) is 10.1. The fourth-order valence-corrected chi connectivity index (χ4v) is 6.45. The fraction of sp³-hybridized carbons (Fsp3) is 0.283. The predicted molar refractivity (Wildman–Crippen MR) is 269 cm³/mol. The summed E-state index contributed by atoms with van der Waals surface area (Å²) >= 11 is 0.194. The normalized spacial score (nSPS) is 12.8. The first-order valence-corrected chi connectivity index (χ1v) is 23.7. The van der Waals surface area contributed by atoms with E-state index in [0.717, 1.165) is 92.7 Å². The van der Waals surface area contributed by atoms with Crippen LogP contribution in [0.2, 0.25) is 0 Å². The van der Waals surface area contributed by atoms with E-state index in [1.165, 1.54) is 35.1 Å². The van der Waals surface area contributed by atoms with Gasteiger partial charge in [0.2, 0.25) is 0 Å². The number of ether oxygens (including phenoxy) is 1. The molecule has 0 radical (unpaired) electrons. The average molecular weight is 926 g/mol. The zero-order valence-corrected chi connectivity index (χ0v) is 40.2. The maximum absolute atomic E-state index is 4.94. The molecule has 2 aromatic heterocycles. The zero-order valence-electron chi connectivity index (χ0n) is 37.6. The standard InChI is InChI=1S/2C24H25N3.C4H8O.CH4.2ClH.Fe/c2*1-16-10-6-7-13-21(16)25-19(4)22-14-9-15-23(27-22)20(5)26-24-17(2)11-8-12-18(24)3;1-2-4-5-3-1;;;;/h2*6-15H,1-5H3;1-4H2;1H4;2*1H;/q;;;;;;+2/p-2. The molecule has 332 valence electrons. The number of aliphatic imine (C=N–C) groups is 4. The van der Waals surface area contributed by atoms with Crippen LogP contribution in [0, 0.1) is 41.5 Å². The van der Waals surface area contributed by atoms with Crippen LogP contribution in [0.4, 0.5) is 22.7 Å². The summed E-state index contributed by atoms with van der Waals surface area (Å²) < 4.78 is 4.94. The molecule has 0 amide bonds. The number of halogens is 2. The molecule has 0 bridgehead atoms. The summed E-state index contributed by atoms with van der Waals surface area (Å²) in [7, 11) is 9.53. The minimum absolute atomic E-state index is 0. The number of pyridine rings is 2. The Labute approximate surface area is 391 Å². The van der Waals surface area contributed by atoms with Crippen LogP contribution in [0.5, 0.6) is 0 Å². The Morgan fingerprint density at radius 2 is 0.698 bits per heavy atom. The third-order valence-electron chi connectivity index (χ3n) is 10.1. The van der Waals surface area contributed by atoms with Gasteiger partial charge in [-0.15, -0.1) is 0 Å². The summed E-state index contributed by atoms with van der Waals surface area (Å²) in [4.78, 5) is 28.8. The number of nitrogens with zero attached hydrogens (tertiary/aromatic N) is 6. The Hall–Kier alpha value is -5.08. The van der Waals surface area contributed by atoms with E-state index in [-0.39, 0.29) is 20.6 Å². The molecule has 0 unspecified atom stereocenters. The van der Waals surface area contributed by atoms with Gasteiger partial charge in [-0.2, -0.15) is 0 Å². The number of hydrogen-bond donors (Lipinski definition) is 0. The molecular weight excluding hydrogens is 863 g/mol. The van der Waals surface area contributed by atoms with Crippen molar-refractivity contribution < 1.29 is 17.9 Å². The molecule has 63 heavy (non-hydrogen) atoms. The first-order valence-electron chi connectivity index (χ1n) is 20.7. The van der Waals surface area contributed by atoms with Gasteiger partial charge in [0.05, 0.1) is 68.4 Å². The molecule has 1 saturated heterocycles. The van der Waals surface area contributed by atoms with Gasteiger partial charge in [0.25, 0.3) is 0 Å². The van der Waals surface area contributed by atoms with Crippen LogP contribution >= 0.6 is 20.2 Å². The molecule has 1 fully saturated rings. The molecule has 0 saturated carbocycles. The van der Waals surface area contributed by atoms with Gasteiger partial charge in [0.15, 0.2) is 0 Å². The molecule has 1 aliphatic heterocycles. The third kappa shape index (κ3) is 16.5. The number of aromatic nitrogens is 2. The van der Waals surface area contributed by atoms with Crippen LogP contribution in [0.15, 0.2) is 141 Å². The topological polar surface area (TPSA) is 84.5 Å². The summed E-state index contributed by atoms with van der Waals surface area (Å²) in [6.45, 7) is 22.5. The molecule has 0 atom stereocenters. The van der Waals surface area contributed by atoms with Crippen molar-refractivity contribution in [3.8, 4) is 0 Å². The molecule has 7 nitrogen and oxygen atoms in total. The van der Waals surface area contributed by atoms with Crippen LogP contribution in [0.1, 0.15) is 104 Å². The second-order valence-electron chi connectivity index (χ2n) is 15.0. The Bertz CT molecular complexity index is 2310. The summed E-state index contributed by atoms with van der Waals surface area (Å²) in [5, 5.41) is 0. The number of aryl methyl sites for hydroxylation is 6. The zero-order chi connectivity index (χ0) is 45.0. The van der Waals surface area contributed by atoms with Gasteiger partial charge >= 0.3 is 33.3 Å². The van der Waals surface area contributed by atoms with Gasteiger partial charge in [-0.1, -0.05) is 92.4 Å².